The van der Waals surface area contributed by atoms with Gasteiger partial charge in [-0.1, -0.05) is 30.3 Å². The van der Waals surface area contributed by atoms with Gasteiger partial charge in [-0.15, -0.1) is 0 Å². The largest absolute Gasteiger partial charge is 0.344 e. The first-order valence-electron chi connectivity index (χ1n) is 10.3. The van der Waals surface area contributed by atoms with E-state index >= 15 is 0 Å². The van der Waals surface area contributed by atoms with Gasteiger partial charge < -0.3 is 10.6 Å². The Balaban J connectivity index is 1.71. The molecule has 2 atom stereocenters. The van der Waals surface area contributed by atoms with Crippen LogP contribution >= 0.6 is 0 Å². The number of fused-ring (bicyclic) bond motifs is 3. The summed E-state index contributed by atoms with van der Waals surface area (Å²) in [6, 6.07) is 18.6. The molecule has 4 rings (SSSR count). The van der Waals surface area contributed by atoms with Crippen LogP contribution in [0.25, 0.3) is 10.8 Å². The normalized spacial score (nSPS) is 16.1. The molecule has 7 heteroatoms. The molecule has 32 heavy (non-hydrogen) atoms. The molecule has 7 nitrogen and oxygen atoms in total. The Morgan fingerprint density at radius 1 is 1.09 bits per heavy atom. The quantitative estimate of drug-likeness (QED) is 0.669. The van der Waals surface area contributed by atoms with E-state index in [9.17, 15) is 14.4 Å². The summed E-state index contributed by atoms with van der Waals surface area (Å²) >= 11 is 0. The number of carbonyl (C=O) groups is 3. The Labute approximate surface area is 185 Å². The van der Waals surface area contributed by atoms with Crippen LogP contribution in [-0.4, -0.2) is 29.8 Å². The SMILES string of the molecule is CC(=O)NC1Cc2c(ccc3ccccc23)N([C@@H](C)C(=O)Nc2ccc(C#N)cc2)C1=O. The van der Waals surface area contributed by atoms with Gasteiger partial charge in [0.2, 0.25) is 11.8 Å². The van der Waals surface area contributed by atoms with Gasteiger partial charge in [0.05, 0.1) is 11.6 Å². The van der Waals surface area contributed by atoms with Crippen molar-refractivity contribution in [1.82, 2.24) is 5.32 Å². The molecular weight excluding hydrogens is 404 g/mol. The zero-order chi connectivity index (χ0) is 22.8. The Hall–Kier alpha value is -4.18. The van der Waals surface area contributed by atoms with Crippen molar-refractivity contribution in [1.29, 1.82) is 5.26 Å². The minimum absolute atomic E-state index is 0.304. The van der Waals surface area contributed by atoms with E-state index in [2.05, 4.69) is 10.6 Å². The average molecular weight is 426 g/mol. The summed E-state index contributed by atoms with van der Waals surface area (Å²) in [4.78, 5) is 39.6. The lowest BCUT2D eigenvalue weighted by atomic mass is 9.91. The second-order valence-electron chi connectivity index (χ2n) is 7.80. The Morgan fingerprint density at radius 2 is 1.81 bits per heavy atom. The first-order chi connectivity index (χ1) is 15.4. The number of amides is 3. The molecule has 160 valence electrons. The molecule has 0 saturated carbocycles. The lowest BCUT2D eigenvalue weighted by Gasteiger charge is -2.38. The van der Waals surface area contributed by atoms with E-state index in [4.69, 9.17) is 5.26 Å². The van der Waals surface area contributed by atoms with Gasteiger partial charge >= 0.3 is 0 Å². The lowest BCUT2D eigenvalue weighted by molar-refractivity contribution is -0.128. The van der Waals surface area contributed by atoms with Crippen LogP contribution in [-0.2, 0) is 20.8 Å². The van der Waals surface area contributed by atoms with Crippen LogP contribution < -0.4 is 15.5 Å². The van der Waals surface area contributed by atoms with Crippen molar-refractivity contribution in [3.63, 3.8) is 0 Å². The third-order valence-electron chi connectivity index (χ3n) is 5.64. The number of anilines is 2. The minimum atomic E-state index is -0.824. The second-order valence-corrected chi connectivity index (χ2v) is 7.80. The number of hydrogen-bond donors (Lipinski definition) is 2. The molecule has 0 aliphatic carbocycles. The van der Waals surface area contributed by atoms with Crippen LogP contribution in [0.15, 0.2) is 60.7 Å². The smallest absolute Gasteiger partial charge is 0.250 e. The first kappa shape index (κ1) is 21.1. The van der Waals surface area contributed by atoms with Gasteiger partial charge in [0, 0.05) is 24.7 Å². The molecule has 1 aliphatic heterocycles. The molecule has 3 aromatic rings. The van der Waals surface area contributed by atoms with Gasteiger partial charge in [0.25, 0.3) is 5.91 Å². The van der Waals surface area contributed by atoms with Crippen molar-refractivity contribution >= 4 is 39.9 Å². The summed E-state index contributed by atoms with van der Waals surface area (Å²) in [5, 5.41) is 16.5. The van der Waals surface area contributed by atoms with Gasteiger partial charge in [0.15, 0.2) is 0 Å². The zero-order valence-corrected chi connectivity index (χ0v) is 17.8. The molecule has 0 saturated heterocycles. The summed E-state index contributed by atoms with van der Waals surface area (Å²) in [5.74, 6) is -1.00. The number of nitrogens with zero attached hydrogens (tertiary/aromatic N) is 2. The average Bonchev–Trinajstić information content (AvgIpc) is 2.79. The highest BCUT2D eigenvalue weighted by Crippen LogP contribution is 2.35. The monoisotopic (exact) mass is 426 g/mol. The fourth-order valence-electron chi connectivity index (χ4n) is 4.09. The highest BCUT2D eigenvalue weighted by Gasteiger charge is 2.38. The molecule has 0 aromatic heterocycles. The second kappa shape index (κ2) is 8.52. The van der Waals surface area contributed by atoms with Crippen molar-refractivity contribution in [3.05, 3.63) is 71.8 Å². The molecular formula is C25H22N4O3. The van der Waals surface area contributed by atoms with Crippen molar-refractivity contribution in [2.75, 3.05) is 10.2 Å². The number of rotatable bonds is 4. The van der Waals surface area contributed by atoms with Crippen molar-refractivity contribution in [3.8, 4) is 6.07 Å². The van der Waals surface area contributed by atoms with Gasteiger partial charge in [-0.25, -0.2) is 0 Å². The summed E-state index contributed by atoms with van der Waals surface area (Å²) in [6.07, 6.45) is 0.357. The van der Waals surface area contributed by atoms with Gasteiger partial charge in [-0.2, -0.15) is 5.26 Å². The molecule has 1 heterocycles. The van der Waals surface area contributed by atoms with Crippen molar-refractivity contribution < 1.29 is 14.4 Å². The fourth-order valence-corrected chi connectivity index (χ4v) is 4.09. The Kier molecular flexibility index (Phi) is 5.61. The van der Waals surface area contributed by atoms with Gasteiger partial charge in [-0.05, 0) is 53.6 Å². The molecule has 3 amide bonds. The third kappa shape index (κ3) is 3.91. The van der Waals surface area contributed by atoms with Crippen LogP contribution in [0.4, 0.5) is 11.4 Å². The van der Waals surface area contributed by atoms with Crippen LogP contribution in [0, 0.1) is 11.3 Å². The molecule has 2 N–H and O–H groups in total. The highest BCUT2D eigenvalue weighted by molar-refractivity contribution is 6.10. The zero-order valence-electron chi connectivity index (χ0n) is 17.8. The summed E-state index contributed by atoms with van der Waals surface area (Å²) in [7, 11) is 0. The number of nitrogens with one attached hydrogen (secondary N) is 2. The third-order valence-corrected chi connectivity index (χ3v) is 5.64. The molecule has 0 spiro atoms. The number of carbonyl (C=O) groups excluding carboxylic acids is 3. The van der Waals surface area contributed by atoms with E-state index in [0.717, 1.165) is 16.3 Å². The van der Waals surface area contributed by atoms with E-state index in [1.165, 1.54) is 11.8 Å². The van der Waals surface area contributed by atoms with Crippen molar-refractivity contribution in [2.24, 2.45) is 0 Å². The molecule has 0 bridgehead atoms. The maximum atomic E-state index is 13.3. The molecule has 3 aromatic carbocycles. The number of nitriles is 1. The van der Waals surface area contributed by atoms with E-state index < -0.39 is 12.1 Å². The predicted molar refractivity (Wildman–Crippen MR) is 122 cm³/mol. The lowest BCUT2D eigenvalue weighted by Crippen LogP contribution is -2.57. The van der Waals surface area contributed by atoms with Crippen LogP contribution in [0.3, 0.4) is 0 Å². The number of benzene rings is 3. The van der Waals surface area contributed by atoms with E-state index in [-0.39, 0.29) is 17.7 Å². The van der Waals surface area contributed by atoms with Crippen LogP contribution in [0.2, 0.25) is 0 Å². The summed E-state index contributed by atoms with van der Waals surface area (Å²) in [5.41, 5.74) is 2.60. The molecule has 0 radical (unpaired) electrons. The van der Waals surface area contributed by atoms with E-state index in [1.54, 1.807) is 31.2 Å². The Bertz CT molecular complexity index is 1260. The minimum Gasteiger partial charge on any atom is -0.344 e. The highest BCUT2D eigenvalue weighted by atomic mass is 16.2. The fraction of sp³-hybridized carbons (Fsp3) is 0.200. The molecule has 1 aliphatic rings. The maximum Gasteiger partial charge on any atom is 0.250 e. The first-order valence-corrected chi connectivity index (χ1v) is 10.3. The van der Waals surface area contributed by atoms with Gasteiger partial charge in [0.1, 0.15) is 12.1 Å². The van der Waals surface area contributed by atoms with Crippen LogP contribution in [0.5, 0.6) is 0 Å². The summed E-state index contributed by atoms with van der Waals surface area (Å²) < 4.78 is 0. The van der Waals surface area contributed by atoms with E-state index in [1.807, 2.05) is 42.5 Å². The molecule has 1 unspecified atom stereocenters. The standard InChI is InChI=1S/C25H22N4O3/c1-15(24(31)28-19-10-7-17(14-26)8-11-19)29-23-12-9-18-5-3-4-6-20(18)21(23)13-22(25(29)32)27-16(2)30/h3-12,15,22H,13H2,1-2H3,(H,27,30)(H,28,31)/t15-,22?/m0/s1. The number of hydrogen-bond acceptors (Lipinski definition) is 4. The maximum absolute atomic E-state index is 13.3. The topological polar surface area (TPSA) is 102 Å². The van der Waals surface area contributed by atoms with E-state index in [0.29, 0.717) is 23.4 Å². The predicted octanol–water partition coefficient (Wildman–Crippen LogP) is 3.13. The van der Waals surface area contributed by atoms with Gasteiger partial charge in [-0.3, -0.25) is 19.3 Å². The molecule has 0 fully saturated rings. The van der Waals surface area contributed by atoms with Crippen LogP contribution in [0.1, 0.15) is 25.0 Å². The summed E-state index contributed by atoms with van der Waals surface area (Å²) in [6.45, 7) is 3.03. The van der Waals surface area contributed by atoms with Crippen molar-refractivity contribution in [2.45, 2.75) is 32.4 Å². The Morgan fingerprint density at radius 3 is 2.50 bits per heavy atom.